The van der Waals surface area contributed by atoms with E-state index in [0.29, 0.717) is 5.92 Å². The van der Waals surface area contributed by atoms with Crippen molar-refractivity contribution in [3.05, 3.63) is 29.3 Å². The number of rotatable bonds is 1. The normalized spacial score (nSPS) is 22.2. The zero-order valence-corrected chi connectivity index (χ0v) is 8.17. The third kappa shape index (κ3) is 1.31. The fraction of sp³-hybridized carbons (Fsp3) is 0.455. The van der Waals surface area contributed by atoms with E-state index in [2.05, 4.69) is 37.4 Å². The molecule has 0 fully saturated rings. The van der Waals surface area contributed by atoms with Crippen LogP contribution in [0.3, 0.4) is 0 Å². The Morgan fingerprint density at radius 2 is 2.31 bits per heavy atom. The quantitative estimate of drug-likeness (QED) is 0.685. The van der Waals surface area contributed by atoms with Gasteiger partial charge in [0.1, 0.15) is 0 Å². The Balaban J connectivity index is 2.46. The van der Waals surface area contributed by atoms with Crippen LogP contribution in [0.25, 0.3) is 0 Å². The summed E-state index contributed by atoms with van der Waals surface area (Å²) < 4.78 is 0. The second-order valence-electron chi connectivity index (χ2n) is 3.88. The average molecular weight is 176 g/mol. The molecule has 2 nitrogen and oxygen atoms in total. The Labute approximate surface area is 79.1 Å². The summed E-state index contributed by atoms with van der Waals surface area (Å²) in [5, 5.41) is 3.39. The molecule has 3 N–H and O–H groups in total. The highest BCUT2D eigenvalue weighted by Crippen LogP contribution is 2.35. The molecule has 1 aromatic rings. The van der Waals surface area contributed by atoms with Crippen LogP contribution in [-0.2, 0) is 0 Å². The van der Waals surface area contributed by atoms with Gasteiger partial charge >= 0.3 is 0 Å². The molecule has 13 heavy (non-hydrogen) atoms. The largest absolute Gasteiger partial charge is 0.384 e. The molecule has 0 aromatic heterocycles. The summed E-state index contributed by atoms with van der Waals surface area (Å²) in [5.74, 6) is 0.483. The van der Waals surface area contributed by atoms with Crippen molar-refractivity contribution < 1.29 is 0 Å². The van der Waals surface area contributed by atoms with E-state index in [-0.39, 0.29) is 6.04 Å². The first-order valence-corrected chi connectivity index (χ1v) is 4.79. The molecule has 1 heterocycles. The van der Waals surface area contributed by atoms with E-state index >= 15 is 0 Å². The fourth-order valence-electron chi connectivity index (χ4n) is 2.10. The smallest absolute Gasteiger partial charge is 0.0379 e. The highest BCUT2D eigenvalue weighted by molar-refractivity contribution is 5.61. The van der Waals surface area contributed by atoms with Crippen LogP contribution in [0.1, 0.15) is 24.0 Å². The van der Waals surface area contributed by atoms with Crippen molar-refractivity contribution in [1.82, 2.24) is 0 Å². The summed E-state index contributed by atoms with van der Waals surface area (Å²) >= 11 is 0. The summed E-state index contributed by atoms with van der Waals surface area (Å²) in [5.41, 5.74) is 9.97. The zero-order chi connectivity index (χ0) is 9.42. The molecule has 0 aliphatic carbocycles. The molecule has 2 rings (SSSR count). The first-order valence-electron chi connectivity index (χ1n) is 4.79. The van der Waals surface area contributed by atoms with Crippen molar-refractivity contribution >= 4 is 5.69 Å². The van der Waals surface area contributed by atoms with Gasteiger partial charge < -0.3 is 11.1 Å². The molecule has 2 heteroatoms. The van der Waals surface area contributed by atoms with Crippen molar-refractivity contribution in [2.24, 2.45) is 5.73 Å². The molecule has 0 bridgehead atoms. The number of nitrogens with two attached hydrogens (primary N) is 1. The Hall–Kier alpha value is -1.02. The van der Waals surface area contributed by atoms with Gasteiger partial charge in [-0.2, -0.15) is 0 Å². The van der Waals surface area contributed by atoms with Crippen molar-refractivity contribution in [2.45, 2.75) is 25.8 Å². The van der Waals surface area contributed by atoms with Gasteiger partial charge in [-0.1, -0.05) is 12.1 Å². The van der Waals surface area contributed by atoms with Gasteiger partial charge in [-0.25, -0.2) is 0 Å². The molecular weight excluding hydrogens is 160 g/mol. The minimum Gasteiger partial charge on any atom is -0.384 e. The van der Waals surface area contributed by atoms with Gasteiger partial charge in [-0.15, -0.1) is 0 Å². The highest BCUT2D eigenvalue weighted by atomic mass is 14.9. The minimum absolute atomic E-state index is 0.231. The van der Waals surface area contributed by atoms with Crippen LogP contribution >= 0.6 is 0 Å². The van der Waals surface area contributed by atoms with E-state index in [4.69, 9.17) is 5.73 Å². The van der Waals surface area contributed by atoms with Gasteiger partial charge in [0.2, 0.25) is 0 Å². The predicted octanol–water partition coefficient (Wildman–Crippen LogP) is 1.85. The third-order valence-electron chi connectivity index (χ3n) is 2.84. The lowest BCUT2D eigenvalue weighted by molar-refractivity contribution is 0.608. The number of hydrogen-bond donors (Lipinski definition) is 2. The van der Waals surface area contributed by atoms with Gasteiger partial charge in [-0.05, 0) is 31.0 Å². The summed E-state index contributed by atoms with van der Waals surface area (Å²) in [6.07, 6.45) is 0. The van der Waals surface area contributed by atoms with Crippen LogP contribution in [0.5, 0.6) is 0 Å². The molecule has 0 amide bonds. The van der Waals surface area contributed by atoms with Gasteiger partial charge in [0.25, 0.3) is 0 Å². The van der Waals surface area contributed by atoms with Crippen molar-refractivity contribution in [3.63, 3.8) is 0 Å². The molecule has 1 aliphatic heterocycles. The summed E-state index contributed by atoms with van der Waals surface area (Å²) in [7, 11) is 0. The molecule has 1 aliphatic rings. The molecule has 0 saturated carbocycles. The molecule has 0 radical (unpaired) electrons. The first kappa shape index (κ1) is 8.57. The standard InChI is InChI=1S/C11H16N2/c1-7-4-3-5-10-11(7)9(6-13-10)8(2)12/h3-5,8-9,13H,6,12H2,1-2H3. The molecule has 0 spiro atoms. The average Bonchev–Trinajstić information content (AvgIpc) is 2.49. The molecule has 2 atom stereocenters. The maximum absolute atomic E-state index is 5.94. The number of benzene rings is 1. The van der Waals surface area contributed by atoms with E-state index in [1.165, 1.54) is 16.8 Å². The van der Waals surface area contributed by atoms with E-state index in [0.717, 1.165) is 6.54 Å². The number of anilines is 1. The molecular formula is C11H16N2. The Bertz CT molecular complexity index is 318. The van der Waals surface area contributed by atoms with Gasteiger partial charge in [0.15, 0.2) is 0 Å². The molecule has 2 unspecified atom stereocenters. The van der Waals surface area contributed by atoms with Crippen LogP contribution in [0.2, 0.25) is 0 Å². The lowest BCUT2D eigenvalue weighted by atomic mass is 9.92. The maximum Gasteiger partial charge on any atom is 0.0379 e. The highest BCUT2D eigenvalue weighted by Gasteiger charge is 2.26. The van der Waals surface area contributed by atoms with Crippen LogP contribution in [0.15, 0.2) is 18.2 Å². The predicted molar refractivity (Wildman–Crippen MR) is 56.1 cm³/mol. The fourth-order valence-corrected chi connectivity index (χ4v) is 2.10. The van der Waals surface area contributed by atoms with Gasteiger partial charge in [0.05, 0.1) is 0 Å². The van der Waals surface area contributed by atoms with Crippen molar-refractivity contribution in [2.75, 3.05) is 11.9 Å². The minimum atomic E-state index is 0.231. The second-order valence-corrected chi connectivity index (χ2v) is 3.88. The first-order chi connectivity index (χ1) is 6.20. The Kier molecular flexibility index (Phi) is 2.00. The van der Waals surface area contributed by atoms with Gasteiger partial charge in [-0.3, -0.25) is 0 Å². The topological polar surface area (TPSA) is 38.0 Å². The number of hydrogen-bond acceptors (Lipinski definition) is 2. The number of aryl methyl sites for hydroxylation is 1. The molecule has 1 aromatic carbocycles. The monoisotopic (exact) mass is 176 g/mol. The number of fused-ring (bicyclic) bond motifs is 1. The van der Waals surface area contributed by atoms with Crippen LogP contribution < -0.4 is 11.1 Å². The summed E-state index contributed by atoms with van der Waals surface area (Å²) in [6, 6.07) is 6.60. The Morgan fingerprint density at radius 1 is 1.54 bits per heavy atom. The third-order valence-corrected chi connectivity index (χ3v) is 2.84. The maximum atomic E-state index is 5.94. The van der Waals surface area contributed by atoms with E-state index in [1.54, 1.807) is 0 Å². The van der Waals surface area contributed by atoms with E-state index in [9.17, 15) is 0 Å². The second kappa shape index (κ2) is 3.04. The van der Waals surface area contributed by atoms with Gasteiger partial charge in [0, 0.05) is 24.2 Å². The lowest BCUT2D eigenvalue weighted by Gasteiger charge is -2.15. The SMILES string of the molecule is Cc1cccc2c1C(C(C)N)CN2. The van der Waals surface area contributed by atoms with E-state index in [1.807, 2.05) is 0 Å². The zero-order valence-electron chi connectivity index (χ0n) is 8.17. The van der Waals surface area contributed by atoms with E-state index < -0.39 is 0 Å². The lowest BCUT2D eigenvalue weighted by Crippen LogP contribution is -2.26. The van der Waals surface area contributed by atoms with Crippen LogP contribution in [0, 0.1) is 6.92 Å². The van der Waals surface area contributed by atoms with Crippen molar-refractivity contribution in [3.8, 4) is 0 Å². The number of nitrogens with one attached hydrogen (secondary N) is 1. The summed E-state index contributed by atoms with van der Waals surface area (Å²) in [6.45, 7) is 5.22. The molecule has 0 saturated heterocycles. The Morgan fingerprint density at radius 3 is 3.00 bits per heavy atom. The summed E-state index contributed by atoms with van der Waals surface area (Å²) in [4.78, 5) is 0. The van der Waals surface area contributed by atoms with Crippen molar-refractivity contribution in [1.29, 1.82) is 0 Å². The van der Waals surface area contributed by atoms with Crippen LogP contribution in [0.4, 0.5) is 5.69 Å². The van der Waals surface area contributed by atoms with Crippen LogP contribution in [-0.4, -0.2) is 12.6 Å². The molecule has 70 valence electrons.